The molecule has 1 aromatic carbocycles. The van der Waals surface area contributed by atoms with E-state index < -0.39 is 0 Å². The summed E-state index contributed by atoms with van der Waals surface area (Å²) >= 11 is 3.72. The van der Waals surface area contributed by atoms with Crippen molar-refractivity contribution < 1.29 is 0 Å². The number of unbranched alkanes of at least 4 members (excludes halogenated alkanes) is 1. The minimum atomic E-state index is 1.21. The van der Waals surface area contributed by atoms with Crippen LogP contribution in [0.4, 0.5) is 0 Å². The zero-order valence-electron chi connectivity index (χ0n) is 12.6. The highest BCUT2D eigenvalue weighted by Crippen LogP contribution is 2.33. The van der Waals surface area contributed by atoms with Crippen LogP contribution in [0.3, 0.4) is 0 Å². The highest BCUT2D eigenvalue weighted by Gasteiger charge is 2.07. The maximum Gasteiger partial charge on any atom is 0.0348 e. The third kappa shape index (κ3) is 3.28. The number of hydrogen-bond donors (Lipinski definition) is 0. The van der Waals surface area contributed by atoms with Crippen molar-refractivity contribution in [2.75, 3.05) is 0 Å². The van der Waals surface area contributed by atoms with Gasteiger partial charge in [0.05, 0.1) is 0 Å². The van der Waals surface area contributed by atoms with Crippen LogP contribution in [0.2, 0.25) is 0 Å². The molecule has 0 aliphatic carbocycles. The summed E-state index contributed by atoms with van der Waals surface area (Å²) in [7, 11) is 0. The van der Waals surface area contributed by atoms with E-state index in [-0.39, 0.29) is 0 Å². The topological polar surface area (TPSA) is 0 Å². The van der Waals surface area contributed by atoms with Crippen molar-refractivity contribution in [1.82, 2.24) is 0 Å². The molecule has 0 nitrogen and oxygen atoms in total. The van der Waals surface area contributed by atoms with Crippen molar-refractivity contribution in [3.63, 3.8) is 0 Å². The van der Waals surface area contributed by atoms with Gasteiger partial charge in [-0.15, -0.1) is 22.7 Å². The Labute approximate surface area is 135 Å². The van der Waals surface area contributed by atoms with Gasteiger partial charge in [0.15, 0.2) is 0 Å². The van der Waals surface area contributed by atoms with Gasteiger partial charge >= 0.3 is 0 Å². The van der Waals surface area contributed by atoms with Crippen LogP contribution in [0.1, 0.15) is 30.2 Å². The fourth-order valence-corrected chi connectivity index (χ4v) is 4.33. The van der Waals surface area contributed by atoms with Gasteiger partial charge in [-0.3, -0.25) is 0 Å². The van der Waals surface area contributed by atoms with Crippen molar-refractivity contribution in [1.29, 1.82) is 0 Å². The molecule has 0 spiro atoms. The molecular formula is C19H20S2. The molecule has 0 radical (unpaired) electrons. The average Bonchev–Trinajstić information content (AvgIpc) is 3.15. The molecule has 21 heavy (non-hydrogen) atoms. The lowest BCUT2D eigenvalue weighted by molar-refractivity contribution is 0.794. The Morgan fingerprint density at radius 3 is 2.29 bits per heavy atom. The van der Waals surface area contributed by atoms with Crippen LogP contribution in [-0.2, 0) is 6.42 Å². The second-order valence-electron chi connectivity index (χ2n) is 5.35. The number of aryl methyl sites for hydroxylation is 2. The van der Waals surface area contributed by atoms with Crippen molar-refractivity contribution in [3.05, 3.63) is 58.3 Å². The molecule has 2 heteroatoms. The van der Waals surface area contributed by atoms with Gasteiger partial charge in [0.25, 0.3) is 0 Å². The molecule has 0 aliphatic heterocycles. The molecule has 0 atom stereocenters. The SMILES string of the molecule is CCCCc1cc(-c2ccc(-c3cccs3)cc2)sc1C. The Hall–Kier alpha value is -1.38. The standard InChI is InChI=1S/C19H20S2/c1-3-4-6-17-13-19(21-14(17)2)16-10-8-15(9-11-16)18-7-5-12-20-18/h5,7-13H,3-4,6H2,1-2H3. The highest BCUT2D eigenvalue weighted by atomic mass is 32.1. The van der Waals surface area contributed by atoms with Crippen molar-refractivity contribution >= 4 is 22.7 Å². The Kier molecular flexibility index (Phi) is 4.57. The van der Waals surface area contributed by atoms with Crippen LogP contribution in [0.25, 0.3) is 20.9 Å². The van der Waals surface area contributed by atoms with Crippen LogP contribution in [0.5, 0.6) is 0 Å². The van der Waals surface area contributed by atoms with Crippen LogP contribution in [0.15, 0.2) is 47.8 Å². The lowest BCUT2D eigenvalue weighted by Gasteiger charge is -2.00. The lowest BCUT2D eigenvalue weighted by atomic mass is 10.1. The second-order valence-corrected chi connectivity index (χ2v) is 7.55. The van der Waals surface area contributed by atoms with E-state index in [4.69, 9.17) is 0 Å². The quantitative estimate of drug-likeness (QED) is 0.486. The Balaban J connectivity index is 1.84. The van der Waals surface area contributed by atoms with Gasteiger partial charge < -0.3 is 0 Å². The summed E-state index contributed by atoms with van der Waals surface area (Å²) in [6.45, 7) is 4.51. The van der Waals surface area contributed by atoms with Crippen LogP contribution in [0, 0.1) is 6.92 Å². The molecule has 0 unspecified atom stereocenters. The minimum absolute atomic E-state index is 1.21. The van der Waals surface area contributed by atoms with Gasteiger partial charge in [-0.25, -0.2) is 0 Å². The molecule has 108 valence electrons. The predicted molar refractivity (Wildman–Crippen MR) is 96.4 cm³/mol. The second kappa shape index (κ2) is 6.59. The van der Waals surface area contributed by atoms with E-state index in [1.807, 2.05) is 11.3 Å². The zero-order chi connectivity index (χ0) is 14.7. The molecule has 0 bridgehead atoms. The van der Waals surface area contributed by atoms with Crippen LogP contribution in [-0.4, -0.2) is 0 Å². The summed E-state index contributed by atoms with van der Waals surface area (Å²) in [4.78, 5) is 4.21. The maximum atomic E-state index is 2.38. The zero-order valence-corrected chi connectivity index (χ0v) is 14.2. The smallest absolute Gasteiger partial charge is 0.0348 e. The fourth-order valence-electron chi connectivity index (χ4n) is 2.52. The lowest BCUT2D eigenvalue weighted by Crippen LogP contribution is -1.82. The molecule has 3 rings (SSSR count). The van der Waals surface area contributed by atoms with Crippen molar-refractivity contribution in [3.8, 4) is 20.9 Å². The molecule has 2 aromatic heterocycles. The van der Waals surface area contributed by atoms with Gasteiger partial charge in [0.1, 0.15) is 0 Å². The summed E-state index contributed by atoms with van der Waals surface area (Å²) in [6, 6.07) is 15.7. The maximum absolute atomic E-state index is 2.38. The molecule has 0 saturated carbocycles. The molecular weight excluding hydrogens is 292 g/mol. The first-order valence-electron chi connectivity index (χ1n) is 7.51. The number of rotatable bonds is 5. The largest absolute Gasteiger partial charge is 0.144 e. The molecule has 2 heterocycles. The normalized spacial score (nSPS) is 11.0. The predicted octanol–water partition coefficient (Wildman–Crippen LogP) is 6.79. The molecule has 0 amide bonds. The van der Waals surface area contributed by atoms with E-state index in [1.165, 1.54) is 50.6 Å². The third-order valence-electron chi connectivity index (χ3n) is 3.80. The van der Waals surface area contributed by atoms with E-state index in [2.05, 4.69) is 61.7 Å². The summed E-state index contributed by atoms with van der Waals surface area (Å²) in [5.41, 5.74) is 4.18. The van der Waals surface area contributed by atoms with E-state index in [1.54, 1.807) is 11.3 Å². The molecule has 0 N–H and O–H groups in total. The van der Waals surface area contributed by atoms with Crippen molar-refractivity contribution in [2.24, 2.45) is 0 Å². The molecule has 3 aromatic rings. The van der Waals surface area contributed by atoms with E-state index >= 15 is 0 Å². The summed E-state index contributed by atoms with van der Waals surface area (Å²) in [6.07, 6.45) is 3.76. The van der Waals surface area contributed by atoms with Crippen LogP contribution < -0.4 is 0 Å². The summed E-state index contributed by atoms with van der Waals surface area (Å²) < 4.78 is 0. The first-order chi connectivity index (χ1) is 10.3. The van der Waals surface area contributed by atoms with Crippen molar-refractivity contribution in [2.45, 2.75) is 33.1 Å². The fraction of sp³-hybridized carbons (Fsp3) is 0.263. The number of thiophene rings is 2. The third-order valence-corrected chi connectivity index (χ3v) is 5.86. The highest BCUT2D eigenvalue weighted by molar-refractivity contribution is 7.15. The number of hydrogen-bond acceptors (Lipinski definition) is 2. The Bertz CT molecular complexity index is 688. The minimum Gasteiger partial charge on any atom is -0.144 e. The Morgan fingerprint density at radius 1 is 0.952 bits per heavy atom. The van der Waals surface area contributed by atoms with Gasteiger partial charge in [-0.05, 0) is 54.0 Å². The Morgan fingerprint density at radius 2 is 1.67 bits per heavy atom. The molecule has 0 fully saturated rings. The van der Waals surface area contributed by atoms with Gasteiger partial charge in [0, 0.05) is 14.6 Å². The van der Waals surface area contributed by atoms with Gasteiger partial charge in [-0.1, -0.05) is 43.7 Å². The molecule has 0 aliphatic rings. The average molecular weight is 313 g/mol. The van der Waals surface area contributed by atoms with E-state index in [0.717, 1.165) is 0 Å². The molecule has 0 saturated heterocycles. The van der Waals surface area contributed by atoms with Gasteiger partial charge in [0.2, 0.25) is 0 Å². The first kappa shape index (κ1) is 14.6. The summed E-state index contributed by atoms with van der Waals surface area (Å²) in [5, 5.41) is 2.13. The van der Waals surface area contributed by atoms with E-state index in [0.29, 0.717) is 0 Å². The number of benzene rings is 1. The first-order valence-corrected chi connectivity index (χ1v) is 9.21. The summed E-state index contributed by atoms with van der Waals surface area (Å²) in [5.74, 6) is 0. The van der Waals surface area contributed by atoms with Crippen LogP contribution >= 0.6 is 22.7 Å². The van der Waals surface area contributed by atoms with Gasteiger partial charge in [-0.2, -0.15) is 0 Å². The van der Waals surface area contributed by atoms with E-state index in [9.17, 15) is 0 Å². The monoisotopic (exact) mass is 312 g/mol.